The number of amides is 1. The average Bonchev–Trinajstić information content (AvgIpc) is 3.35. The van der Waals surface area contributed by atoms with Crippen LogP contribution >= 0.6 is 0 Å². The average molecular weight is 658 g/mol. The third-order valence-corrected chi connectivity index (χ3v) is 8.03. The molecule has 1 saturated heterocycles. The van der Waals surface area contributed by atoms with E-state index in [1.165, 1.54) is 29.6 Å². The van der Waals surface area contributed by atoms with Crippen LogP contribution in [0.25, 0.3) is 11.3 Å². The van der Waals surface area contributed by atoms with Gasteiger partial charge in [-0.05, 0) is 65.7 Å². The Hall–Kier alpha value is -3.83. The number of likely N-dealkylation sites (tertiary alicyclic amines) is 1. The summed E-state index contributed by atoms with van der Waals surface area (Å²) in [6.45, 7) is 8.82. The monoisotopic (exact) mass is 657 g/mol. The maximum absolute atomic E-state index is 15.1. The van der Waals surface area contributed by atoms with Crippen LogP contribution in [0, 0.1) is 5.82 Å². The Morgan fingerprint density at radius 3 is 2.36 bits per heavy atom. The first-order chi connectivity index (χ1) is 20.7. The van der Waals surface area contributed by atoms with Crippen molar-refractivity contribution in [2.24, 2.45) is 0 Å². The number of piperidine rings is 1. The number of nitrogens with zero attached hydrogens (tertiary/aromatic N) is 5. The molecular weight excluding hydrogens is 622 g/mol. The second kappa shape index (κ2) is 12.5. The Kier molecular flexibility index (Phi) is 9.47. The molecule has 17 heteroatoms. The third kappa shape index (κ3) is 9.11. The minimum atomic E-state index is -4.81. The normalized spacial score (nSPS) is 15.3. The van der Waals surface area contributed by atoms with Crippen molar-refractivity contribution in [3.8, 4) is 11.3 Å². The standard InChI is InChI=1S/C28H35F4N7O5S/c1-26(2,3)44-25(40)38-10-8-18(9-11-38)37-45(42,43)19-6-7-22(21(29)12-19)35-24-33-14-20(28(30,31)32)23(36-24)17-13-34-39(15-17)16-27(4,5)41/h6-7,12-15,18,37,41H,8-11,16H2,1-5H3,(H,33,35,36). The summed E-state index contributed by atoms with van der Waals surface area (Å²) in [5, 5.41) is 16.5. The van der Waals surface area contributed by atoms with Crippen molar-refractivity contribution in [3.05, 3.63) is 48.2 Å². The van der Waals surface area contributed by atoms with Crippen molar-refractivity contribution < 1.29 is 40.6 Å². The zero-order chi connectivity index (χ0) is 33.4. The van der Waals surface area contributed by atoms with E-state index in [4.69, 9.17) is 4.74 Å². The number of sulfonamides is 1. The van der Waals surface area contributed by atoms with Crippen molar-refractivity contribution in [2.45, 2.75) is 82.3 Å². The van der Waals surface area contributed by atoms with E-state index in [1.54, 1.807) is 20.8 Å². The van der Waals surface area contributed by atoms with Gasteiger partial charge in [-0.3, -0.25) is 4.68 Å². The molecule has 12 nitrogen and oxygen atoms in total. The van der Waals surface area contributed by atoms with Gasteiger partial charge in [0.1, 0.15) is 17.0 Å². The predicted octanol–water partition coefficient (Wildman–Crippen LogP) is 4.69. The van der Waals surface area contributed by atoms with Crippen LogP contribution in [-0.4, -0.2) is 74.6 Å². The topological polar surface area (TPSA) is 152 Å². The van der Waals surface area contributed by atoms with Crippen LogP contribution in [0.4, 0.5) is 34.0 Å². The number of ether oxygens (including phenoxy) is 1. The Bertz CT molecular complexity index is 1640. The Morgan fingerprint density at radius 1 is 1.11 bits per heavy atom. The van der Waals surface area contributed by atoms with Gasteiger partial charge in [0.15, 0.2) is 0 Å². The molecule has 3 N–H and O–H groups in total. The van der Waals surface area contributed by atoms with Crippen LogP contribution in [0.5, 0.6) is 0 Å². The fourth-order valence-electron chi connectivity index (χ4n) is 4.52. The number of aliphatic hydroxyl groups is 1. The van der Waals surface area contributed by atoms with Crippen molar-refractivity contribution in [1.29, 1.82) is 0 Å². The lowest BCUT2D eigenvalue weighted by Crippen LogP contribution is -2.47. The summed E-state index contributed by atoms with van der Waals surface area (Å²) < 4.78 is 91.5. The molecule has 0 bridgehead atoms. The van der Waals surface area contributed by atoms with E-state index in [9.17, 15) is 31.5 Å². The first kappa shape index (κ1) is 34.1. The zero-order valence-corrected chi connectivity index (χ0v) is 26.1. The molecule has 0 atom stereocenters. The SMILES string of the molecule is CC(C)(O)Cn1cc(-c2nc(Nc3ccc(S(=O)(=O)NC4CCN(C(=O)OC(C)(C)C)CC4)cc3F)ncc2C(F)(F)F)cn1. The molecule has 0 aliphatic carbocycles. The second-order valence-corrected chi connectivity index (χ2v) is 14.0. The van der Waals surface area contributed by atoms with Gasteiger partial charge >= 0.3 is 12.3 Å². The molecule has 0 saturated carbocycles. The van der Waals surface area contributed by atoms with Crippen LogP contribution in [-0.2, 0) is 27.5 Å². The summed E-state index contributed by atoms with van der Waals surface area (Å²) in [5.74, 6) is -1.39. The number of halogens is 4. The quantitative estimate of drug-likeness (QED) is 0.293. The first-order valence-corrected chi connectivity index (χ1v) is 15.4. The molecule has 0 radical (unpaired) electrons. The molecule has 1 aliphatic heterocycles. The summed E-state index contributed by atoms with van der Waals surface area (Å²) in [6.07, 6.45) is -1.66. The lowest BCUT2D eigenvalue weighted by molar-refractivity contribution is -0.137. The number of carbonyl (C=O) groups is 1. The number of hydrogen-bond acceptors (Lipinski definition) is 9. The molecule has 0 unspecified atom stereocenters. The lowest BCUT2D eigenvalue weighted by atomic mass is 10.1. The number of hydrogen-bond donors (Lipinski definition) is 3. The first-order valence-electron chi connectivity index (χ1n) is 14.0. The number of aromatic nitrogens is 4. The Labute approximate surface area is 257 Å². The molecule has 1 fully saturated rings. The molecule has 2 aromatic heterocycles. The van der Waals surface area contributed by atoms with Crippen molar-refractivity contribution in [1.82, 2.24) is 29.4 Å². The van der Waals surface area contributed by atoms with E-state index in [0.29, 0.717) is 19.0 Å². The maximum Gasteiger partial charge on any atom is 0.419 e. The molecule has 246 valence electrons. The van der Waals surface area contributed by atoms with Crippen LogP contribution in [0.15, 0.2) is 41.7 Å². The predicted molar refractivity (Wildman–Crippen MR) is 155 cm³/mol. The molecule has 45 heavy (non-hydrogen) atoms. The van der Waals surface area contributed by atoms with Gasteiger partial charge in [-0.2, -0.15) is 18.3 Å². The minimum absolute atomic E-state index is 0.00510. The van der Waals surface area contributed by atoms with Crippen LogP contribution in [0.1, 0.15) is 53.0 Å². The van der Waals surface area contributed by atoms with E-state index < -0.39 is 56.6 Å². The highest BCUT2D eigenvalue weighted by atomic mass is 32.2. The van der Waals surface area contributed by atoms with E-state index in [0.717, 1.165) is 24.4 Å². The highest BCUT2D eigenvalue weighted by Crippen LogP contribution is 2.36. The largest absolute Gasteiger partial charge is 0.444 e. The fraction of sp³-hybridized carbons (Fsp3) is 0.500. The van der Waals surface area contributed by atoms with Gasteiger partial charge in [0.25, 0.3) is 0 Å². The molecule has 1 amide bonds. The van der Waals surface area contributed by atoms with Gasteiger partial charge in [-0.15, -0.1) is 0 Å². The number of benzene rings is 1. The van der Waals surface area contributed by atoms with Crippen LogP contribution < -0.4 is 10.0 Å². The van der Waals surface area contributed by atoms with Gasteiger partial charge in [-0.25, -0.2) is 32.3 Å². The second-order valence-electron chi connectivity index (χ2n) is 12.3. The molecule has 1 aromatic carbocycles. The van der Waals surface area contributed by atoms with E-state index in [-0.39, 0.29) is 41.7 Å². The number of alkyl halides is 3. The zero-order valence-electron chi connectivity index (χ0n) is 25.3. The molecular formula is C28H35F4N7O5S. The van der Waals surface area contributed by atoms with Gasteiger partial charge in [0.2, 0.25) is 16.0 Å². The summed E-state index contributed by atoms with van der Waals surface area (Å²) in [7, 11) is -4.15. The smallest absolute Gasteiger partial charge is 0.419 e. The van der Waals surface area contributed by atoms with Crippen LogP contribution in [0.3, 0.4) is 0 Å². The van der Waals surface area contributed by atoms with Gasteiger partial charge in [-0.1, -0.05) is 0 Å². The highest BCUT2D eigenvalue weighted by Gasteiger charge is 2.36. The van der Waals surface area contributed by atoms with E-state index in [1.807, 2.05) is 0 Å². The summed E-state index contributed by atoms with van der Waals surface area (Å²) in [6, 6.07) is 2.51. The number of rotatable bonds is 8. The Balaban J connectivity index is 1.48. The van der Waals surface area contributed by atoms with E-state index >= 15 is 4.39 Å². The molecule has 4 rings (SSSR count). The van der Waals surface area contributed by atoms with Gasteiger partial charge in [0.05, 0.1) is 34.6 Å². The van der Waals surface area contributed by atoms with Crippen molar-refractivity contribution >= 4 is 27.8 Å². The molecule has 3 heterocycles. The summed E-state index contributed by atoms with van der Waals surface area (Å²) in [5.41, 5.74) is -3.81. The molecule has 3 aromatic rings. The van der Waals surface area contributed by atoms with Crippen molar-refractivity contribution in [2.75, 3.05) is 18.4 Å². The van der Waals surface area contributed by atoms with Crippen molar-refractivity contribution in [3.63, 3.8) is 0 Å². The van der Waals surface area contributed by atoms with Gasteiger partial charge < -0.3 is 20.1 Å². The minimum Gasteiger partial charge on any atom is -0.444 e. The lowest BCUT2D eigenvalue weighted by Gasteiger charge is -2.33. The summed E-state index contributed by atoms with van der Waals surface area (Å²) >= 11 is 0. The molecule has 0 spiro atoms. The van der Waals surface area contributed by atoms with Gasteiger partial charge in [0, 0.05) is 37.1 Å². The summed E-state index contributed by atoms with van der Waals surface area (Å²) in [4.78, 5) is 21.0. The number of nitrogens with one attached hydrogen (secondary N) is 2. The van der Waals surface area contributed by atoms with E-state index in [2.05, 4.69) is 25.1 Å². The Morgan fingerprint density at radius 2 is 1.78 bits per heavy atom. The maximum atomic E-state index is 15.1. The third-order valence-electron chi connectivity index (χ3n) is 6.52. The fourth-order valence-corrected chi connectivity index (χ4v) is 5.83. The highest BCUT2D eigenvalue weighted by molar-refractivity contribution is 7.89. The molecule has 1 aliphatic rings. The number of carbonyl (C=O) groups excluding carboxylic acids is 1. The van der Waals surface area contributed by atoms with Crippen LogP contribution in [0.2, 0.25) is 0 Å². The number of anilines is 2.